The van der Waals surface area contributed by atoms with Crippen molar-refractivity contribution in [2.24, 2.45) is 0 Å². The summed E-state index contributed by atoms with van der Waals surface area (Å²) in [5.41, 5.74) is 0.925. The molecule has 0 amide bonds. The minimum atomic E-state index is -9.67. The third-order valence-corrected chi connectivity index (χ3v) is 6.05. The van der Waals surface area contributed by atoms with Gasteiger partial charge in [-0.25, -0.2) is 0 Å². The van der Waals surface area contributed by atoms with Crippen molar-refractivity contribution in [2.45, 2.75) is 77.7 Å². The zero-order valence-electron chi connectivity index (χ0n) is 18.5. The largest absolute Gasteiger partial charge is 0.378 e. The van der Waals surface area contributed by atoms with Gasteiger partial charge in [0.05, 0.1) is 18.0 Å². The normalized spacial score (nSPS) is 14.1. The standard InChI is InChI=1S/C23H35F5OS2/c1-21(2)29-17-19-30-18-10-8-6-4-3-5-7-9-11-22-12-14-23(15-13-22)16-20-31(24,25,26,27)28/h12-15,21H,3-11,17-19H2,1-2H3. The van der Waals surface area contributed by atoms with Crippen molar-refractivity contribution in [2.75, 3.05) is 18.1 Å². The van der Waals surface area contributed by atoms with Gasteiger partial charge in [-0.05, 0) is 62.5 Å². The first kappa shape index (κ1) is 28.1. The Morgan fingerprint density at radius 2 is 1.35 bits per heavy atom. The number of unbranched alkanes of at least 4 members (excludes halogenated alkanes) is 7. The van der Waals surface area contributed by atoms with Crippen LogP contribution in [0.4, 0.5) is 19.4 Å². The number of ether oxygens (including phenoxy) is 1. The molecule has 180 valence electrons. The summed E-state index contributed by atoms with van der Waals surface area (Å²) in [6, 6.07) is 6.04. The van der Waals surface area contributed by atoms with Crippen LogP contribution in [-0.4, -0.2) is 24.2 Å². The SMILES string of the molecule is CC(C)OCCSCCCCCCCCCCc1ccc(C#CS(F)(F)(F)(F)F)cc1. The van der Waals surface area contributed by atoms with Crippen LogP contribution >= 0.6 is 22.0 Å². The number of hydrogen-bond donors (Lipinski definition) is 0. The van der Waals surface area contributed by atoms with E-state index in [0.29, 0.717) is 6.10 Å². The van der Waals surface area contributed by atoms with E-state index in [9.17, 15) is 19.4 Å². The summed E-state index contributed by atoms with van der Waals surface area (Å²) in [7, 11) is -9.67. The molecule has 0 aliphatic rings. The Morgan fingerprint density at radius 3 is 1.90 bits per heavy atom. The maximum atomic E-state index is 12.2. The number of rotatable bonds is 15. The van der Waals surface area contributed by atoms with Crippen LogP contribution in [0.1, 0.15) is 76.3 Å². The first-order chi connectivity index (χ1) is 14.3. The molecule has 1 aromatic carbocycles. The highest BCUT2D eigenvalue weighted by atomic mass is 32.5. The van der Waals surface area contributed by atoms with E-state index >= 15 is 0 Å². The fourth-order valence-corrected chi connectivity index (χ4v) is 4.09. The molecule has 0 N–H and O–H groups in total. The Bertz CT molecular complexity index is 691. The van der Waals surface area contributed by atoms with Crippen molar-refractivity contribution in [3.05, 3.63) is 35.4 Å². The van der Waals surface area contributed by atoms with Gasteiger partial charge in [-0.1, -0.05) is 70.1 Å². The second-order valence-corrected chi connectivity index (χ2v) is 11.4. The van der Waals surface area contributed by atoms with Crippen molar-refractivity contribution >= 4 is 22.0 Å². The molecule has 0 aliphatic heterocycles. The average Bonchev–Trinajstić information content (AvgIpc) is 2.66. The lowest BCUT2D eigenvalue weighted by Crippen LogP contribution is -2.05. The lowest BCUT2D eigenvalue weighted by atomic mass is 10.0. The average molecular weight is 487 g/mol. The molecule has 1 rings (SSSR count). The molecular weight excluding hydrogens is 451 g/mol. The van der Waals surface area contributed by atoms with Crippen LogP contribution in [-0.2, 0) is 11.2 Å². The van der Waals surface area contributed by atoms with Gasteiger partial charge in [0.15, 0.2) is 0 Å². The Balaban J connectivity index is 2.03. The highest BCUT2D eigenvalue weighted by Gasteiger charge is 2.62. The second-order valence-electron chi connectivity index (χ2n) is 8.00. The van der Waals surface area contributed by atoms with Crippen LogP contribution in [0.3, 0.4) is 0 Å². The van der Waals surface area contributed by atoms with Gasteiger partial charge in [0, 0.05) is 11.3 Å². The minimum absolute atomic E-state index is 0.0562. The summed E-state index contributed by atoms with van der Waals surface area (Å²) in [4.78, 5) is 0. The molecule has 0 spiro atoms. The molecular formula is C23H35F5OS2. The highest BCUT2D eigenvalue weighted by Crippen LogP contribution is 2.97. The zero-order valence-corrected chi connectivity index (χ0v) is 20.1. The van der Waals surface area contributed by atoms with Gasteiger partial charge >= 0.3 is 10.2 Å². The first-order valence-electron chi connectivity index (χ1n) is 10.9. The van der Waals surface area contributed by atoms with Crippen molar-refractivity contribution in [3.63, 3.8) is 0 Å². The van der Waals surface area contributed by atoms with E-state index in [0.717, 1.165) is 37.2 Å². The molecule has 8 heteroatoms. The molecule has 0 radical (unpaired) electrons. The fraction of sp³-hybridized carbons (Fsp3) is 0.652. The maximum absolute atomic E-state index is 12.2. The predicted octanol–water partition coefficient (Wildman–Crippen LogP) is 9.12. The maximum Gasteiger partial charge on any atom is 0.345 e. The lowest BCUT2D eigenvalue weighted by molar-refractivity contribution is 0.0920. The molecule has 0 saturated carbocycles. The van der Waals surface area contributed by atoms with Crippen molar-refractivity contribution in [1.29, 1.82) is 0 Å². The number of hydrogen-bond acceptors (Lipinski definition) is 2. The predicted molar refractivity (Wildman–Crippen MR) is 126 cm³/mol. The molecule has 1 nitrogen and oxygen atoms in total. The minimum Gasteiger partial charge on any atom is -0.378 e. The quantitative estimate of drug-likeness (QED) is 0.139. The molecule has 0 heterocycles. The van der Waals surface area contributed by atoms with Crippen LogP contribution in [0.5, 0.6) is 0 Å². The highest BCUT2D eigenvalue weighted by molar-refractivity contribution is 8.49. The summed E-state index contributed by atoms with van der Waals surface area (Å²) < 4.78 is 66.7. The molecule has 0 unspecified atom stereocenters. The van der Waals surface area contributed by atoms with Crippen LogP contribution in [0, 0.1) is 11.2 Å². The van der Waals surface area contributed by atoms with Gasteiger partial charge in [-0.3, -0.25) is 0 Å². The van der Waals surface area contributed by atoms with E-state index in [4.69, 9.17) is 4.74 Å². The topological polar surface area (TPSA) is 9.23 Å². The van der Waals surface area contributed by atoms with E-state index in [1.54, 1.807) is 12.1 Å². The third kappa shape index (κ3) is 18.4. The lowest BCUT2D eigenvalue weighted by Gasteiger charge is -2.33. The van der Waals surface area contributed by atoms with Crippen LogP contribution < -0.4 is 0 Å². The number of benzene rings is 1. The summed E-state index contributed by atoms with van der Waals surface area (Å²) in [5.74, 6) is 3.80. The van der Waals surface area contributed by atoms with Crippen molar-refractivity contribution < 1.29 is 24.2 Å². The third-order valence-electron chi connectivity index (χ3n) is 4.53. The van der Waals surface area contributed by atoms with Gasteiger partial charge < -0.3 is 4.74 Å². The van der Waals surface area contributed by atoms with Gasteiger partial charge in [-0.2, -0.15) is 11.8 Å². The smallest absolute Gasteiger partial charge is 0.345 e. The molecule has 0 aliphatic carbocycles. The molecule has 1 aromatic rings. The summed E-state index contributed by atoms with van der Waals surface area (Å²) in [6.07, 6.45) is 10.7. The van der Waals surface area contributed by atoms with Crippen LogP contribution in [0.2, 0.25) is 0 Å². The van der Waals surface area contributed by atoms with E-state index in [2.05, 4.69) is 13.8 Å². The number of halogens is 5. The van der Waals surface area contributed by atoms with Gasteiger partial charge in [-0.15, -0.1) is 0 Å². The van der Waals surface area contributed by atoms with E-state index in [1.807, 2.05) is 11.8 Å². The monoisotopic (exact) mass is 486 g/mol. The van der Waals surface area contributed by atoms with Crippen molar-refractivity contribution in [3.8, 4) is 11.2 Å². The van der Waals surface area contributed by atoms with Crippen LogP contribution in [0.25, 0.3) is 0 Å². The van der Waals surface area contributed by atoms with Gasteiger partial charge in [0.1, 0.15) is 0 Å². The summed E-state index contributed by atoms with van der Waals surface area (Å²) in [6.45, 7) is 4.94. The molecule has 0 bridgehead atoms. The van der Waals surface area contributed by atoms with Crippen molar-refractivity contribution in [1.82, 2.24) is 0 Å². The molecule has 0 aromatic heterocycles. The first-order valence-corrected chi connectivity index (χ1v) is 14.0. The summed E-state index contributed by atoms with van der Waals surface area (Å²) in [5, 5.41) is 0.238. The zero-order chi connectivity index (χ0) is 23.3. The van der Waals surface area contributed by atoms with E-state index in [-0.39, 0.29) is 10.8 Å². The second kappa shape index (κ2) is 12.4. The Labute approximate surface area is 188 Å². The number of thioether (sulfide) groups is 1. The Kier molecular flexibility index (Phi) is 11.2. The Morgan fingerprint density at radius 1 is 0.806 bits per heavy atom. The van der Waals surface area contributed by atoms with E-state index < -0.39 is 10.2 Å². The van der Waals surface area contributed by atoms with Gasteiger partial charge in [0.25, 0.3) is 0 Å². The Hall–Kier alpha value is -0.910. The molecule has 31 heavy (non-hydrogen) atoms. The van der Waals surface area contributed by atoms with Crippen LogP contribution in [0.15, 0.2) is 24.3 Å². The number of aryl methyl sites for hydroxylation is 1. The molecule has 0 saturated heterocycles. The fourth-order valence-electron chi connectivity index (χ4n) is 2.95. The molecule has 0 fully saturated rings. The van der Waals surface area contributed by atoms with E-state index in [1.165, 1.54) is 62.3 Å². The molecule has 0 atom stereocenters. The van der Waals surface area contributed by atoms with Gasteiger partial charge in [0.2, 0.25) is 0 Å². The summed E-state index contributed by atoms with van der Waals surface area (Å²) >= 11 is 1.96.